The van der Waals surface area contributed by atoms with Gasteiger partial charge in [-0.05, 0) is 25.1 Å². The standard InChI is InChI=1S/C19H16FN5/c1-13-23-18(22-12-15-7-2-4-8-16(15)20)10-19(24-13)25-17-9-5-3-6-14(17)11-21/h2-10H,12H2,1H3,(H2,22,23,24,25). The summed E-state index contributed by atoms with van der Waals surface area (Å²) in [6.07, 6.45) is 0. The fourth-order valence-electron chi connectivity index (χ4n) is 2.38. The zero-order valence-corrected chi connectivity index (χ0v) is 13.6. The fourth-order valence-corrected chi connectivity index (χ4v) is 2.38. The number of halogens is 1. The Morgan fingerprint density at radius 2 is 1.76 bits per heavy atom. The van der Waals surface area contributed by atoms with Crippen molar-refractivity contribution in [1.82, 2.24) is 9.97 Å². The summed E-state index contributed by atoms with van der Waals surface area (Å²) < 4.78 is 13.7. The Balaban J connectivity index is 1.79. The van der Waals surface area contributed by atoms with Gasteiger partial charge >= 0.3 is 0 Å². The van der Waals surface area contributed by atoms with E-state index in [1.54, 1.807) is 43.3 Å². The van der Waals surface area contributed by atoms with Crippen LogP contribution >= 0.6 is 0 Å². The van der Waals surface area contributed by atoms with E-state index in [0.29, 0.717) is 40.8 Å². The molecule has 124 valence electrons. The second-order valence-corrected chi connectivity index (χ2v) is 5.41. The van der Waals surface area contributed by atoms with Gasteiger partial charge in [0.2, 0.25) is 0 Å². The van der Waals surface area contributed by atoms with Crippen molar-refractivity contribution in [2.75, 3.05) is 10.6 Å². The molecule has 0 spiro atoms. The normalized spacial score (nSPS) is 10.1. The van der Waals surface area contributed by atoms with Gasteiger partial charge in [0.15, 0.2) is 0 Å². The van der Waals surface area contributed by atoms with Crippen molar-refractivity contribution >= 4 is 17.3 Å². The molecule has 0 fully saturated rings. The van der Waals surface area contributed by atoms with Gasteiger partial charge in [-0.3, -0.25) is 0 Å². The van der Waals surface area contributed by atoms with Gasteiger partial charge in [0, 0.05) is 18.2 Å². The minimum absolute atomic E-state index is 0.262. The molecule has 0 aliphatic heterocycles. The molecule has 0 saturated heterocycles. The highest BCUT2D eigenvalue weighted by atomic mass is 19.1. The van der Waals surface area contributed by atoms with Gasteiger partial charge in [0.05, 0.1) is 11.3 Å². The third-order valence-electron chi connectivity index (χ3n) is 3.57. The van der Waals surface area contributed by atoms with Crippen molar-refractivity contribution in [3.05, 3.63) is 77.4 Å². The Kier molecular flexibility index (Phi) is 4.86. The van der Waals surface area contributed by atoms with Crippen LogP contribution in [-0.2, 0) is 6.54 Å². The van der Waals surface area contributed by atoms with E-state index >= 15 is 0 Å². The third-order valence-corrected chi connectivity index (χ3v) is 3.57. The molecule has 3 rings (SSSR count). The first-order chi connectivity index (χ1) is 12.2. The summed E-state index contributed by atoms with van der Waals surface area (Å²) in [4.78, 5) is 8.64. The Morgan fingerprint density at radius 3 is 2.56 bits per heavy atom. The van der Waals surface area contributed by atoms with E-state index in [-0.39, 0.29) is 5.82 Å². The fraction of sp³-hybridized carbons (Fsp3) is 0.105. The van der Waals surface area contributed by atoms with Crippen LogP contribution in [0.3, 0.4) is 0 Å². The predicted octanol–water partition coefficient (Wildman–Crippen LogP) is 4.15. The number of nitriles is 1. The van der Waals surface area contributed by atoms with Gasteiger partial charge in [0.1, 0.15) is 29.3 Å². The quantitative estimate of drug-likeness (QED) is 0.734. The number of rotatable bonds is 5. The molecule has 0 saturated carbocycles. The van der Waals surface area contributed by atoms with Crippen molar-refractivity contribution in [3.8, 4) is 6.07 Å². The van der Waals surface area contributed by atoms with Crippen molar-refractivity contribution in [3.63, 3.8) is 0 Å². The molecule has 2 aromatic carbocycles. The number of para-hydroxylation sites is 1. The van der Waals surface area contributed by atoms with E-state index in [1.165, 1.54) is 6.07 Å². The largest absolute Gasteiger partial charge is 0.366 e. The molecule has 0 bridgehead atoms. The maximum absolute atomic E-state index is 13.7. The van der Waals surface area contributed by atoms with E-state index in [4.69, 9.17) is 0 Å². The Hall–Kier alpha value is -3.46. The van der Waals surface area contributed by atoms with Gasteiger partial charge in [-0.15, -0.1) is 0 Å². The van der Waals surface area contributed by atoms with Gasteiger partial charge in [0.25, 0.3) is 0 Å². The van der Waals surface area contributed by atoms with E-state index < -0.39 is 0 Å². The zero-order valence-electron chi connectivity index (χ0n) is 13.6. The molecule has 0 amide bonds. The number of nitrogens with zero attached hydrogens (tertiary/aromatic N) is 3. The monoisotopic (exact) mass is 333 g/mol. The molecule has 1 heterocycles. The lowest BCUT2D eigenvalue weighted by atomic mass is 10.2. The molecular weight excluding hydrogens is 317 g/mol. The van der Waals surface area contributed by atoms with E-state index in [0.717, 1.165) is 0 Å². The second-order valence-electron chi connectivity index (χ2n) is 5.41. The van der Waals surface area contributed by atoms with Crippen LogP contribution in [0.4, 0.5) is 21.7 Å². The van der Waals surface area contributed by atoms with Gasteiger partial charge in [-0.1, -0.05) is 30.3 Å². The summed E-state index contributed by atoms with van der Waals surface area (Å²) in [6.45, 7) is 2.09. The summed E-state index contributed by atoms with van der Waals surface area (Å²) in [5.74, 6) is 1.44. The van der Waals surface area contributed by atoms with Crippen LogP contribution in [0.15, 0.2) is 54.6 Å². The van der Waals surface area contributed by atoms with Crippen LogP contribution in [0.25, 0.3) is 0 Å². The smallest absolute Gasteiger partial charge is 0.136 e. The molecule has 2 N–H and O–H groups in total. The minimum atomic E-state index is -0.262. The van der Waals surface area contributed by atoms with Crippen LogP contribution in [0.1, 0.15) is 17.0 Å². The Morgan fingerprint density at radius 1 is 1.04 bits per heavy atom. The first kappa shape index (κ1) is 16.4. The number of aryl methyl sites for hydroxylation is 1. The maximum Gasteiger partial charge on any atom is 0.136 e. The van der Waals surface area contributed by atoms with Crippen molar-refractivity contribution in [2.45, 2.75) is 13.5 Å². The minimum Gasteiger partial charge on any atom is -0.366 e. The topological polar surface area (TPSA) is 73.6 Å². The molecule has 0 aliphatic carbocycles. The number of hydrogen-bond acceptors (Lipinski definition) is 5. The van der Waals surface area contributed by atoms with E-state index in [1.807, 2.05) is 12.1 Å². The molecular formula is C19H16FN5. The lowest BCUT2D eigenvalue weighted by Gasteiger charge is -2.11. The summed E-state index contributed by atoms with van der Waals surface area (Å²) in [5.41, 5.74) is 1.76. The van der Waals surface area contributed by atoms with Crippen molar-refractivity contribution < 1.29 is 4.39 Å². The highest BCUT2D eigenvalue weighted by molar-refractivity contribution is 5.65. The molecule has 0 unspecified atom stereocenters. The summed E-state index contributed by atoms with van der Waals surface area (Å²) >= 11 is 0. The SMILES string of the molecule is Cc1nc(NCc2ccccc2F)cc(Nc2ccccc2C#N)n1. The number of nitrogens with one attached hydrogen (secondary N) is 2. The second kappa shape index (κ2) is 7.41. The van der Waals surface area contributed by atoms with Crippen LogP contribution < -0.4 is 10.6 Å². The Labute approximate surface area is 145 Å². The van der Waals surface area contributed by atoms with Gasteiger partial charge < -0.3 is 10.6 Å². The van der Waals surface area contributed by atoms with Crippen molar-refractivity contribution in [2.24, 2.45) is 0 Å². The van der Waals surface area contributed by atoms with Crippen LogP contribution in [0.2, 0.25) is 0 Å². The third kappa shape index (κ3) is 4.09. The molecule has 0 radical (unpaired) electrons. The summed E-state index contributed by atoms with van der Waals surface area (Å²) in [6, 6.07) is 17.6. The van der Waals surface area contributed by atoms with Crippen LogP contribution in [0.5, 0.6) is 0 Å². The molecule has 3 aromatic rings. The number of benzene rings is 2. The highest BCUT2D eigenvalue weighted by Crippen LogP contribution is 2.21. The summed E-state index contributed by atoms with van der Waals surface area (Å²) in [7, 11) is 0. The van der Waals surface area contributed by atoms with Gasteiger partial charge in [-0.25, -0.2) is 14.4 Å². The summed E-state index contributed by atoms with van der Waals surface area (Å²) in [5, 5.41) is 15.4. The lowest BCUT2D eigenvalue weighted by Crippen LogP contribution is -2.06. The zero-order chi connectivity index (χ0) is 17.6. The molecule has 0 atom stereocenters. The molecule has 1 aromatic heterocycles. The highest BCUT2D eigenvalue weighted by Gasteiger charge is 2.06. The van der Waals surface area contributed by atoms with Crippen molar-refractivity contribution in [1.29, 1.82) is 5.26 Å². The van der Waals surface area contributed by atoms with E-state index in [9.17, 15) is 9.65 Å². The predicted molar refractivity (Wildman–Crippen MR) is 94.9 cm³/mol. The molecule has 6 heteroatoms. The first-order valence-electron chi connectivity index (χ1n) is 7.75. The van der Waals surface area contributed by atoms with E-state index in [2.05, 4.69) is 26.7 Å². The number of hydrogen-bond donors (Lipinski definition) is 2. The lowest BCUT2D eigenvalue weighted by molar-refractivity contribution is 0.613. The number of aromatic nitrogens is 2. The van der Waals surface area contributed by atoms with Crippen LogP contribution in [-0.4, -0.2) is 9.97 Å². The van der Waals surface area contributed by atoms with Crippen LogP contribution in [0, 0.1) is 24.1 Å². The molecule has 5 nitrogen and oxygen atoms in total. The number of anilines is 3. The Bertz CT molecular complexity index is 933. The molecule has 25 heavy (non-hydrogen) atoms. The molecule has 0 aliphatic rings. The average molecular weight is 333 g/mol. The average Bonchev–Trinajstić information content (AvgIpc) is 2.61. The first-order valence-corrected chi connectivity index (χ1v) is 7.75. The maximum atomic E-state index is 13.7. The van der Waals surface area contributed by atoms with Gasteiger partial charge in [-0.2, -0.15) is 5.26 Å².